The van der Waals surface area contributed by atoms with Gasteiger partial charge in [0.25, 0.3) is 0 Å². The van der Waals surface area contributed by atoms with Crippen LogP contribution < -0.4 is 0 Å². The molecule has 4 aromatic rings. The molecule has 0 bridgehead atoms. The summed E-state index contributed by atoms with van der Waals surface area (Å²) in [4.78, 5) is 0. The third-order valence-corrected chi connectivity index (χ3v) is 3.59. The third-order valence-electron chi connectivity index (χ3n) is 3.59. The first-order valence-corrected chi connectivity index (χ1v) is 7.81. The van der Waals surface area contributed by atoms with Crippen molar-refractivity contribution in [1.82, 2.24) is 15.4 Å². The molecule has 0 radical (unpaired) electrons. The van der Waals surface area contributed by atoms with Crippen LogP contribution in [-0.2, 0) is 0 Å². The lowest BCUT2D eigenvalue weighted by molar-refractivity contribution is 0.477. The van der Waals surface area contributed by atoms with Crippen LogP contribution in [0.2, 0.25) is 0 Å². The fraction of sp³-hybridized carbons (Fsp3) is 0. The number of benzene rings is 3. The summed E-state index contributed by atoms with van der Waals surface area (Å²) in [7, 11) is 0. The van der Waals surface area contributed by atoms with Gasteiger partial charge in [-0.05, 0) is 48.5 Å². The van der Waals surface area contributed by atoms with Gasteiger partial charge in [0, 0.05) is 0 Å². The highest BCUT2D eigenvalue weighted by molar-refractivity contribution is 5.88. The number of aromatic nitrogens is 3. The first-order chi connectivity index (χ1) is 12.8. The van der Waals surface area contributed by atoms with Crippen LogP contribution in [0.4, 0.5) is 22.7 Å². The lowest BCUT2D eigenvalue weighted by Gasteiger charge is -1.98. The summed E-state index contributed by atoms with van der Waals surface area (Å²) in [5.74, 6) is -0.0107. The van der Waals surface area contributed by atoms with Crippen molar-refractivity contribution in [1.29, 1.82) is 0 Å². The number of hydrogen-bond acceptors (Lipinski definition) is 7. The van der Waals surface area contributed by atoms with Crippen molar-refractivity contribution in [2.24, 2.45) is 20.5 Å². The number of nitrogens with one attached hydrogen (secondary N) is 1. The molecule has 0 atom stereocenters. The van der Waals surface area contributed by atoms with E-state index in [1.165, 1.54) is 6.07 Å². The fourth-order valence-corrected chi connectivity index (χ4v) is 2.29. The minimum Gasteiger partial charge on any atom is -0.506 e. The Balaban J connectivity index is 1.54. The van der Waals surface area contributed by atoms with Crippen molar-refractivity contribution >= 4 is 33.8 Å². The van der Waals surface area contributed by atoms with Crippen LogP contribution in [0.1, 0.15) is 0 Å². The second-order valence-corrected chi connectivity index (χ2v) is 5.38. The number of aromatic hydroxyl groups is 1. The summed E-state index contributed by atoms with van der Waals surface area (Å²) < 4.78 is 0. The predicted octanol–water partition coefficient (Wildman–Crippen LogP) is 5.49. The van der Waals surface area contributed by atoms with Crippen LogP contribution in [0.3, 0.4) is 0 Å². The smallest absolute Gasteiger partial charge is 0.157 e. The van der Waals surface area contributed by atoms with Gasteiger partial charge in [-0.3, -0.25) is 0 Å². The molecule has 0 spiro atoms. The van der Waals surface area contributed by atoms with E-state index in [2.05, 4.69) is 35.9 Å². The Bertz CT molecular complexity index is 1090. The largest absolute Gasteiger partial charge is 0.506 e. The Hall–Kier alpha value is -3.94. The van der Waals surface area contributed by atoms with Gasteiger partial charge in [0.15, 0.2) is 5.69 Å². The number of H-pyrrole nitrogens is 1. The highest BCUT2D eigenvalue weighted by Crippen LogP contribution is 2.34. The molecule has 0 saturated carbocycles. The average Bonchev–Trinajstić information content (AvgIpc) is 3.16. The standard InChI is InChI=1S/C18H13N7O/c26-16-11-10-15-17(24-25-22-15)18(16)23-21-14-8-6-13(7-9-14)20-19-12-4-2-1-3-5-12/h1-11,26H,(H,22,24,25). The Kier molecular flexibility index (Phi) is 4.13. The van der Waals surface area contributed by atoms with Crippen molar-refractivity contribution < 1.29 is 5.11 Å². The zero-order chi connectivity index (χ0) is 17.8. The minimum atomic E-state index is -0.0107. The topological polar surface area (TPSA) is 111 Å². The Labute approximate surface area is 148 Å². The summed E-state index contributed by atoms with van der Waals surface area (Å²) in [5, 5.41) is 37.0. The van der Waals surface area contributed by atoms with Crippen molar-refractivity contribution in [3.05, 3.63) is 66.7 Å². The molecule has 0 aliphatic rings. The van der Waals surface area contributed by atoms with E-state index in [1.54, 1.807) is 30.3 Å². The average molecular weight is 343 g/mol. The van der Waals surface area contributed by atoms with Crippen molar-refractivity contribution in [3.8, 4) is 5.75 Å². The zero-order valence-electron chi connectivity index (χ0n) is 13.5. The quantitative estimate of drug-likeness (QED) is 0.477. The number of rotatable bonds is 4. The lowest BCUT2D eigenvalue weighted by Crippen LogP contribution is -1.73. The van der Waals surface area contributed by atoms with E-state index in [9.17, 15) is 5.11 Å². The summed E-state index contributed by atoms with van der Waals surface area (Å²) >= 11 is 0. The maximum Gasteiger partial charge on any atom is 0.157 e. The first kappa shape index (κ1) is 15.6. The first-order valence-electron chi connectivity index (χ1n) is 7.81. The van der Waals surface area contributed by atoms with Crippen LogP contribution in [0.5, 0.6) is 5.75 Å². The van der Waals surface area contributed by atoms with Crippen molar-refractivity contribution in [3.63, 3.8) is 0 Å². The highest BCUT2D eigenvalue weighted by atomic mass is 16.3. The molecular formula is C18H13N7O. The molecule has 0 aliphatic heterocycles. The van der Waals surface area contributed by atoms with E-state index in [0.29, 0.717) is 22.4 Å². The lowest BCUT2D eigenvalue weighted by atomic mass is 10.2. The van der Waals surface area contributed by atoms with E-state index < -0.39 is 0 Å². The molecule has 0 saturated heterocycles. The van der Waals surface area contributed by atoms with Gasteiger partial charge in [0.2, 0.25) is 0 Å². The van der Waals surface area contributed by atoms with Crippen molar-refractivity contribution in [2.75, 3.05) is 0 Å². The number of hydrogen-bond donors (Lipinski definition) is 2. The Morgan fingerprint density at radius 1 is 0.654 bits per heavy atom. The molecule has 8 nitrogen and oxygen atoms in total. The van der Waals surface area contributed by atoms with Gasteiger partial charge in [-0.2, -0.15) is 30.8 Å². The van der Waals surface area contributed by atoms with Crippen LogP contribution in [0, 0.1) is 0 Å². The maximum absolute atomic E-state index is 9.96. The number of azo groups is 2. The van der Waals surface area contributed by atoms with Gasteiger partial charge in [-0.25, -0.2) is 0 Å². The predicted molar refractivity (Wildman–Crippen MR) is 96.8 cm³/mol. The highest BCUT2D eigenvalue weighted by Gasteiger charge is 2.09. The monoisotopic (exact) mass is 343 g/mol. The van der Waals surface area contributed by atoms with E-state index in [1.807, 2.05) is 30.3 Å². The van der Waals surface area contributed by atoms with Gasteiger partial charge in [0.05, 0.1) is 17.1 Å². The van der Waals surface area contributed by atoms with E-state index in [0.717, 1.165) is 5.69 Å². The van der Waals surface area contributed by atoms with Gasteiger partial charge in [0.1, 0.15) is 16.8 Å². The van der Waals surface area contributed by atoms with Crippen LogP contribution in [0.25, 0.3) is 11.0 Å². The normalized spacial score (nSPS) is 11.7. The van der Waals surface area contributed by atoms with Gasteiger partial charge in [-0.1, -0.05) is 18.2 Å². The molecule has 3 aromatic carbocycles. The van der Waals surface area contributed by atoms with Crippen LogP contribution in [0.15, 0.2) is 87.2 Å². The molecule has 8 heteroatoms. The molecular weight excluding hydrogens is 330 g/mol. The fourth-order valence-electron chi connectivity index (χ4n) is 2.29. The molecule has 0 fully saturated rings. The number of phenolic OH excluding ortho intramolecular Hbond substituents is 1. The summed E-state index contributed by atoms with van der Waals surface area (Å²) in [5.41, 5.74) is 3.44. The zero-order valence-corrected chi connectivity index (χ0v) is 13.5. The van der Waals surface area contributed by atoms with Gasteiger partial charge >= 0.3 is 0 Å². The SMILES string of the molecule is Oc1ccc2n[nH]nc2c1N=Nc1ccc(N=Nc2ccccc2)cc1. The third kappa shape index (κ3) is 3.29. The molecule has 0 unspecified atom stereocenters. The maximum atomic E-state index is 9.96. The molecule has 126 valence electrons. The number of phenols is 1. The summed E-state index contributed by atoms with van der Waals surface area (Å²) in [6.45, 7) is 0. The van der Waals surface area contributed by atoms with E-state index >= 15 is 0 Å². The molecule has 1 aromatic heterocycles. The molecule has 26 heavy (non-hydrogen) atoms. The second kappa shape index (κ2) is 6.89. The summed E-state index contributed by atoms with van der Waals surface area (Å²) in [6.07, 6.45) is 0. The number of fused-ring (bicyclic) bond motifs is 1. The molecule has 4 rings (SSSR count). The molecule has 2 N–H and O–H groups in total. The van der Waals surface area contributed by atoms with Crippen molar-refractivity contribution in [2.45, 2.75) is 0 Å². The van der Waals surface area contributed by atoms with Gasteiger partial charge < -0.3 is 5.11 Å². The van der Waals surface area contributed by atoms with E-state index in [4.69, 9.17) is 0 Å². The number of nitrogens with zero attached hydrogens (tertiary/aromatic N) is 6. The van der Waals surface area contributed by atoms with Crippen LogP contribution >= 0.6 is 0 Å². The molecule has 0 amide bonds. The summed E-state index contributed by atoms with van der Waals surface area (Å²) in [6, 6.07) is 19.8. The minimum absolute atomic E-state index is 0.0107. The Morgan fingerprint density at radius 2 is 1.27 bits per heavy atom. The Morgan fingerprint density at radius 3 is 1.96 bits per heavy atom. The second-order valence-electron chi connectivity index (χ2n) is 5.38. The van der Waals surface area contributed by atoms with E-state index in [-0.39, 0.29) is 11.4 Å². The number of aromatic amines is 1. The molecule has 0 aliphatic carbocycles. The molecule has 1 heterocycles. The van der Waals surface area contributed by atoms with Gasteiger partial charge in [-0.15, -0.1) is 5.11 Å². The van der Waals surface area contributed by atoms with Crippen LogP contribution in [-0.4, -0.2) is 20.5 Å².